The molecular weight excluding hydrogens is 324 g/mol. The molecule has 2 rings (SSSR count). The minimum Gasteiger partial charge on any atom is -0.345 e. The van der Waals surface area contributed by atoms with E-state index in [0.717, 1.165) is 12.8 Å². The van der Waals surface area contributed by atoms with Crippen molar-refractivity contribution in [2.24, 2.45) is 11.7 Å². The lowest BCUT2D eigenvalue weighted by atomic mass is 9.95. The normalized spacial score (nSPS) is 17.2. The summed E-state index contributed by atoms with van der Waals surface area (Å²) in [5.41, 5.74) is 6.63. The molecule has 5 nitrogen and oxygen atoms in total. The zero-order chi connectivity index (χ0) is 15.7. The summed E-state index contributed by atoms with van der Waals surface area (Å²) < 4.78 is 22.5. The maximum atomic E-state index is 12.3. The van der Waals surface area contributed by atoms with Gasteiger partial charge in [-0.3, -0.25) is 4.79 Å². The highest BCUT2D eigenvalue weighted by Gasteiger charge is 2.41. The Bertz CT molecular complexity index is 627. The van der Waals surface area contributed by atoms with Gasteiger partial charge < -0.3 is 11.1 Å². The molecule has 0 aliphatic heterocycles. The minimum atomic E-state index is -3.06. The Labute approximate surface area is 138 Å². The molecule has 22 heavy (non-hydrogen) atoms. The zero-order valence-corrected chi connectivity index (χ0v) is 14.5. The van der Waals surface area contributed by atoms with E-state index in [1.54, 1.807) is 24.3 Å². The molecule has 1 fully saturated rings. The first kappa shape index (κ1) is 18.9. The zero-order valence-electron chi connectivity index (χ0n) is 12.8. The van der Waals surface area contributed by atoms with Crippen molar-refractivity contribution < 1.29 is 13.2 Å². The summed E-state index contributed by atoms with van der Waals surface area (Å²) >= 11 is 0. The Kier molecular flexibility index (Phi) is 6.01. The number of nitrogens with one attached hydrogen (secondary N) is 1. The van der Waals surface area contributed by atoms with Crippen LogP contribution in [0.4, 0.5) is 0 Å². The predicted octanol–water partition coefficient (Wildman–Crippen LogP) is 1.51. The van der Waals surface area contributed by atoms with Gasteiger partial charge in [0.2, 0.25) is 0 Å². The maximum Gasteiger partial charge on any atom is 0.251 e. The van der Waals surface area contributed by atoms with Crippen molar-refractivity contribution in [1.82, 2.24) is 5.32 Å². The van der Waals surface area contributed by atoms with Crippen molar-refractivity contribution in [2.45, 2.75) is 31.1 Å². The third-order valence-corrected chi connectivity index (χ3v) is 4.80. The number of carbonyl (C=O) groups excluding carboxylic acids is 1. The fourth-order valence-electron chi connectivity index (χ4n) is 2.43. The fraction of sp³-hybridized carbons (Fsp3) is 0.533. The Hall–Kier alpha value is -1.11. The first-order valence-electron chi connectivity index (χ1n) is 7.03. The van der Waals surface area contributed by atoms with Gasteiger partial charge in [-0.25, -0.2) is 8.42 Å². The van der Waals surface area contributed by atoms with E-state index in [9.17, 15) is 13.2 Å². The average Bonchev–Trinajstić information content (AvgIpc) is 3.22. The molecule has 3 N–H and O–H groups in total. The lowest BCUT2D eigenvalue weighted by Crippen LogP contribution is -2.53. The van der Waals surface area contributed by atoms with Gasteiger partial charge >= 0.3 is 0 Å². The van der Waals surface area contributed by atoms with Gasteiger partial charge in [0.05, 0.1) is 11.3 Å². The SMILES string of the molecule is CC(CN)(NC(=O)c1ccc(CS(C)(=O)=O)cc1)C1CC1.Cl. The van der Waals surface area contributed by atoms with Crippen molar-refractivity contribution in [1.29, 1.82) is 0 Å². The number of benzene rings is 1. The van der Waals surface area contributed by atoms with Crippen LogP contribution in [0.2, 0.25) is 0 Å². The summed E-state index contributed by atoms with van der Waals surface area (Å²) in [6.07, 6.45) is 3.39. The molecule has 0 heterocycles. The van der Waals surface area contributed by atoms with Crippen LogP contribution in [0.25, 0.3) is 0 Å². The quantitative estimate of drug-likeness (QED) is 0.817. The third-order valence-electron chi connectivity index (χ3n) is 3.95. The monoisotopic (exact) mass is 346 g/mol. The smallest absolute Gasteiger partial charge is 0.251 e. The van der Waals surface area contributed by atoms with Crippen LogP contribution in [0.5, 0.6) is 0 Å². The van der Waals surface area contributed by atoms with Crippen LogP contribution in [0.3, 0.4) is 0 Å². The topological polar surface area (TPSA) is 89.3 Å². The largest absolute Gasteiger partial charge is 0.345 e. The molecule has 1 aromatic carbocycles. The van der Waals surface area contributed by atoms with Crippen molar-refractivity contribution in [2.75, 3.05) is 12.8 Å². The summed E-state index contributed by atoms with van der Waals surface area (Å²) in [5.74, 6) is 0.272. The molecule has 1 aliphatic carbocycles. The molecule has 1 aromatic rings. The number of sulfone groups is 1. The van der Waals surface area contributed by atoms with Crippen molar-refractivity contribution >= 4 is 28.2 Å². The molecule has 0 saturated heterocycles. The molecule has 1 atom stereocenters. The first-order chi connectivity index (χ1) is 9.73. The Morgan fingerprint density at radius 2 is 1.86 bits per heavy atom. The molecule has 0 radical (unpaired) electrons. The molecule has 1 saturated carbocycles. The van der Waals surface area contributed by atoms with Crippen molar-refractivity contribution in [3.8, 4) is 0 Å². The molecule has 7 heteroatoms. The van der Waals surface area contributed by atoms with Crippen LogP contribution in [-0.4, -0.2) is 32.7 Å². The second-order valence-corrected chi connectivity index (χ2v) is 8.26. The Morgan fingerprint density at radius 1 is 1.32 bits per heavy atom. The number of hydrogen-bond donors (Lipinski definition) is 2. The maximum absolute atomic E-state index is 12.3. The Balaban J connectivity index is 0.00000242. The van der Waals surface area contributed by atoms with Gasteiger partial charge in [-0.2, -0.15) is 0 Å². The van der Waals surface area contributed by atoms with Gasteiger partial charge in [-0.05, 0) is 43.4 Å². The summed E-state index contributed by atoms with van der Waals surface area (Å²) in [6, 6.07) is 6.65. The van der Waals surface area contributed by atoms with Gasteiger partial charge in [0.25, 0.3) is 5.91 Å². The van der Waals surface area contributed by atoms with Gasteiger partial charge in [-0.1, -0.05) is 12.1 Å². The summed E-state index contributed by atoms with van der Waals surface area (Å²) in [5, 5.41) is 3.01. The average molecular weight is 347 g/mol. The van der Waals surface area contributed by atoms with Gasteiger partial charge in [0.1, 0.15) is 0 Å². The van der Waals surface area contributed by atoms with Crippen LogP contribution in [0, 0.1) is 5.92 Å². The molecule has 0 spiro atoms. The van der Waals surface area contributed by atoms with E-state index in [2.05, 4.69) is 5.32 Å². The van der Waals surface area contributed by atoms with Crippen LogP contribution in [0.1, 0.15) is 35.7 Å². The lowest BCUT2D eigenvalue weighted by molar-refractivity contribution is 0.0898. The van der Waals surface area contributed by atoms with E-state index < -0.39 is 9.84 Å². The van der Waals surface area contributed by atoms with E-state index in [0.29, 0.717) is 23.6 Å². The second-order valence-electron chi connectivity index (χ2n) is 6.12. The van der Waals surface area contributed by atoms with E-state index in [1.807, 2.05) is 6.92 Å². The highest BCUT2D eigenvalue weighted by molar-refractivity contribution is 7.89. The van der Waals surface area contributed by atoms with Crippen molar-refractivity contribution in [3.05, 3.63) is 35.4 Å². The van der Waals surface area contributed by atoms with E-state index in [1.165, 1.54) is 6.26 Å². The number of amides is 1. The second kappa shape index (κ2) is 6.98. The summed E-state index contributed by atoms with van der Waals surface area (Å²) in [7, 11) is -3.06. The molecule has 1 unspecified atom stereocenters. The molecule has 1 aliphatic rings. The van der Waals surface area contributed by atoms with Crippen molar-refractivity contribution in [3.63, 3.8) is 0 Å². The standard InChI is InChI=1S/C15H22N2O3S.ClH/c1-15(10-16,13-7-8-13)17-14(18)12-5-3-11(4-6-12)9-21(2,19)20;/h3-6,13H,7-10,16H2,1-2H3,(H,17,18);1H. The van der Waals surface area contributed by atoms with Crippen LogP contribution in [-0.2, 0) is 15.6 Å². The Morgan fingerprint density at radius 3 is 2.27 bits per heavy atom. The van der Waals surface area contributed by atoms with Crippen LogP contribution in [0.15, 0.2) is 24.3 Å². The molecule has 0 bridgehead atoms. The van der Waals surface area contributed by atoms with Crippen LogP contribution < -0.4 is 11.1 Å². The number of nitrogens with two attached hydrogens (primary N) is 1. The highest BCUT2D eigenvalue weighted by atomic mass is 35.5. The highest BCUT2D eigenvalue weighted by Crippen LogP contribution is 2.39. The third kappa shape index (κ3) is 4.97. The number of halogens is 1. The molecule has 0 aromatic heterocycles. The van der Waals surface area contributed by atoms with E-state index >= 15 is 0 Å². The van der Waals surface area contributed by atoms with Gasteiger partial charge in [0, 0.05) is 18.4 Å². The van der Waals surface area contributed by atoms with Gasteiger partial charge in [-0.15, -0.1) is 12.4 Å². The summed E-state index contributed by atoms with van der Waals surface area (Å²) in [4.78, 5) is 12.3. The number of hydrogen-bond acceptors (Lipinski definition) is 4. The lowest BCUT2D eigenvalue weighted by Gasteiger charge is -2.29. The predicted molar refractivity (Wildman–Crippen MR) is 89.9 cm³/mol. The van der Waals surface area contributed by atoms with E-state index in [-0.39, 0.29) is 29.6 Å². The molecule has 124 valence electrons. The van der Waals surface area contributed by atoms with E-state index in [4.69, 9.17) is 5.73 Å². The fourth-order valence-corrected chi connectivity index (χ4v) is 3.22. The summed E-state index contributed by atoms with van der Waals surface area (Å²) in [6.45, 7) is 2.39. The molecular formula is C15H23ClN2O3S. The first-order valence-corrected chi connectivity index (χ1v) is 9.09. The molecule has 1 amide bonds. The van der Waals surface area contributed by atoms with Crippen LogP contribution >= 0.6 is 12.4 Å². The number of carbonyl (C=O) groups is 1. The number of rotatable bonds is 6. The minimum absolute atomic E-state index is 0. The van der Waals surface area contributed by atoms with Gasteiger partial charge in [0.15, 0.2) is 9.84 Å².